The molecule has 11 heteroatoms. The van der Waals surface area contributed by atoms with E-state index < -0.39 is 5.91 Å². The number of hydrogen-bond donors (Lipinski definition) is 1. The van der Waals surface area contributed by atoms with Crippen LogP contribution in [0.1, 0.15) is 16.2 Å². The predicted molar refractivity (Wildman–Crippen MR) is 110 cm³/mol. The molecule has 1 amide bonds. The number of hydrogen-bond acceptors (Lipinski definition) is 7. The Morgan fingerprint density at radius 3 is 2.79 bits per heavy atom. The molecule has 0 aliphatic heterocycles. The Hall–Kier alpha value is -3.01. The van der Waals surface area contributed by atoms with E-state index in [9.17, 15) is 4.79 Å². The van der Waals surface area contributed by atoms with Gasteiger partial charge in [-0.3, -0.25) is 19.7 Å². The molecule has 4 rings (SSSR count). The minimum Gasteiger partial charge on any atom is -0.462 e. The van der Waals surface area contributed by atoms with E-state index in [1.807, 2.05) is 12.1 Å². The fourth-order valence-corrected chi connectivity index (χ4v) is 3.34. The molecule has 3 aromatic heterocycles. The molecular weight excluding hydrogens is 435 g/mol. The molecule has 0 atom stereocenters. The molecule has 0 saturated carbocycles. The maximum Gasteiger partial charge on any atom is 0.296 e. The van der Waals surface area contributed by atoms with Gasteiger partial charge in [-0.1, -0.05) is 40.4 Å². The van der Waals surface area contributed by atoms with Crippen LogP contribution in [0.25, 0.3) is 5.69 Å². The third kappa shape index (κ3) is 4.53. The third-order valence-electron chi connectivity index (χ3n) is 3.74. The standard InChI is InChI=1S/C18H12Cl2N6O2S/c19-11-5-6-12(22-7-11)9-28-18-25-24-17(29-18)23-16(27)15-8-21-10-26(15)14-4-2-1-3-13(14)20/h1-8,10H,9H2,(H,23,24,27). The fraction of sp³-hybridized carbons (Fsp3) is 0.0556. The van der Waals surface area contributed by atoms with Gasteiger partial charge in [-0.2, -0.15) is 0 Å². The van der Waals surface area contributed by atoms with Gasteiger partial charge in [-0.05, 0) is 35.6 Å². The number of carbonyl (C=O) groups is 1. The van der Waals surface area contributed by atoms with Gasteiger partial charge in [0.1, 0.15) is 12.3 Å². The van der Waals surface area contributed by atoms with E-state index in [4.69, 9.17) is 27.9 Å². The van der Waals surface area contributed by atoms with Gasteiger partial charge >= 0.3 is 0 Å². The topological polar surface area (TPSA) is 94.8 Å². The van der Waals surface area contributed by atoms with Crippen molar-refractivity contribution in [2.45, 2.75) is 6.61 Å². The molecule has 4 aromatic rings. The van der Waals surface area contributed by atoms with Crippen molar-refractivity contribution in [2.24, 2.45) is 0 Å². The Balaban J connectivity index is 1.43. The second-order valence-electron chi connectivity index (χ2n) is 5.68. The quantitative estimate of drug-likeness (QED) is 0.475. The average Bonchev–Trinajstić information content (AvgIpc) is 3.37. The Bertz CT molecular complexity index is 1150. The average molecular weight is 447 g/mol. The van der Waals surface area contributed by atoms with Crippen molar-refractivity contribution >= 4 is 45.6 Å². The molecule has 0 aliphatic rings. The van der Waals surface area contributed by atoms with Gasteiger partial charge in [0.2, 0.25) is 5.13 Å². The first-order chi connectivity index (χ1) is 14.1. The zero-order valence-electron chi connectivity index (χ0n) is 14.6. The summed E-state index contributed by atoms with van der Waals surface area (Å²) < 4.78 is 7.15. The van der Waals surface area contributed by atoms with Gasteiger partial charge in [0.05, 0.1) is 34.0 Å². The summed E-state index contributed by atoms with van der Waals surface area (Å²) in [6.45, 7) is 0.207. The molecular formula is C18H12Cl2N6O2S. The van der Waals surface area contributed by atoms with Crippen LogP contribution in [-0.2, 0) is 6.61 Å². The number of ether oxygens (including phenoxy) is 1. The van der Waals surface area contributed by atoms with Crippen LogP contribution in [0.4, 0.5) is 5.13 Å². The molecule has 3 heterocycles. The summed E-state index contributed by atoms with van der Waals surface area (Å²) in [4.78, 5) is 20.8. The molecule has 1 N–H and O–H groups in total. The summed E-state index contributed by atoms with van der Waals surface area (Å²) >= 11 is 13.1. The summed E-state index contributed by atoms with van der Waals surface area (Å²) in [6, 6.07) is 10.6. The van der Waals surface area contributed by atoms with E-state index in [2.05, 4.69) is 25.5 Å². The molecule has 0 aliphatic carbocycles. The monoisotopic (exact) mass is 446 g/mol. The number of nitrogens with one attached hydrogen (secondary N) is 1. The van der Waals surface area contributed by atoms with Crippen LogP contribution in [0.2, 0.25) is 10.0 Å². The number of halogens is 2. The second-order valence-corrected chi connectivity index (χ2v) is 7.47. The molecule has 1 aromatic carbocycles. The molecule has 0 unspecified atom stereocenters. The number of anilines is 1. The molecule has 29 heavy (non-hydrogen) atoms. The lowest BCUT2D eigenvalue weighted by Gasteiger charge is -2.08. The minimum absolute atomic E-state index is 0.207. The van der Waals surface area contributed by atoms with Crippen LogP contribution in [0.15, 0.2) is 55.1 Å². The molecule has 0 radical (unpaired) electrons. The number of aromatic nitrogens is 5. The van der Waals surface area contributed by atoms with Crippen LogP contribution in [0.3, 0.4) is 0 Å². The van der Waals surface area contributed by atoms with Gasteiger partial charge in [-0.25, -0.2) is 4.98 Å². The third-order valence-corrected chi connectivity index (χ3v) is 5.04. The molecule has 0 saturated heterocycles. The van der Waals surface area contributed by atoms with Crippen LogP contribution >= 0.6 is 34.5 Å². The number of carbonyl (C=O) groups excluding carboxylic acids is 1. The summed E-state index contributed by atoms with van der Waals surface area (Å²) in [5.41, 5.74) is 1.65. The van der Waals surface area contributed by atoms with Crippen molar-refractivity contribution in [3.8, 4) is 10.9 Å². The summed E-state index contributed by atoms with van der Waals surface area (Å²) in [6.07, 6.45) is 4.50. The van der Waals surface area contributed by atoms with Gasteiger partial charge in [-0.15, -0.1) is 5.10 Å². The minimum atomic E-state index is -0.399. The number of nitrogens with zero attached hydrogens (tertiary/aromatic N) is 5. The van der Waals surface area contributed by atoms with Crippen LogP contribution in [-0.4, -0.2) is 30.6 Å². The molecule has 0 bridgehead atoms. The van der Waals surface area contributed by atoms with Crippen molar-refractivity contribution < 1.29 is 9.53 Å². The van der Waals surface area contributed by atoms with E-state index in [-0.39, 0.29) is 6.61 Å². The largest absolute Gasteiger partial charge is 0.462 e. The SMILES string of the molecule is O=C(Nc1nnc(OCc2ccc(Cl)cn2)s1)c1cncn1-c1ccccc1Cl. The number of imidazole rings is 1. The summed E-state index contributed by atoms with van der Waals surface area (Å²) in [7, 11) is 0. The highest BCUT2D eigenvalue weighted by atomic mass is 35.5. The second kappa shape index (κ2) is 8.56. The Morgan fingerprint density at radius 2 is 2.00 bits per heavy atom. The molecule has 0 spiro atoms. The number of benzene rings is 1. The van der Waals surface area contributed by atoms with Crippen molar-refractivity contribution in [1.29, 1.82) is 0 Å². The van der Waals surface area contributed by atoms with Crippen LogP contribution < -0.4 is 10.1 Å². The smallest absolute Gasteiger partial charge is 0.296 e. The van der Waals surface area contributed by atoms with Gasteiger partial charge in [0, 0.05) is 6.20 Å². The molecule has 0 fully saturated rings. The Morgan fingerprint density at radius 1 is 1.14 bits per heavy atom. The zero-order valence-corrected chi connectivity index (χ0v) is 16.9. The highest BCUT2D eigenvalue weighted by Crippen LogP contribution is 2.25. The van der Waals surface area contributed by atoms with Gasteiger partial charge < -0.3 is 4.74 Å². The van der Waals surface area contributed by atoms with E-state index in [1.54, 1.807) is 28.8 Å². The van der Waals surface area contributed by atoms with E-state index in [0.717, 1.165) is 11.3 Å². The lowest BCUT2D eigenvalue weighted by Crippen LogP contribution is -2.16. The normalized spacial score (nSPS) is 10.7. The lowest BCUT2D eigenvalue weighted by atomic mass is 10.3. The summed E-state index contributed by atoms with van der Waals surface area (Å²) in [5, 5.41) is 12.2. The van der Waals surface area contributed by atoms with Crippen LogP contribution in [0.5, 0.6) is 5.19 Å². The van der Waals surface area contributed by atoms with Crippen LogP contribution in [0, 0.1) is 0 Å². The number of rotatable bonds is 6. The van der Waals surface area contributed by atoms with Gasteiger partial charge in [0.25, 0.3) is 11.1 Å². The number of pyridine rings is 1. The highest BCUT2D eigenvalue weighted by Gasteiger charge is 2.17. The maximum atomic E-state index is 12.7. The molecule has 8 nitrogen and oxygen atoms in total. The highest BCUT2D eigenvalue weighted by molar-refractivity contribution is 7.17. The van der Waals surface area contributed by atoms with E-state index in [1.165, 1.54) is 18.7 Å². The van der Waals surface area contributed by atoms with E-state index in [0.29, 0.717) is 37.4 Å². The van der Waals surface area contributed by atoms with E-state index >= 15 is 0 Å². The zero-order chi connectivity index (χ0) is 20.2. The summed E-state index contributed by atoms with van der Waals surface area (Å²) in [5.74, 6) is -0.399. The first-order valence-corrected chi connectivity index (χ1v) is 9.83. The predicted octanol–water partition coefficient (Wildman–Crippen LogP) is 4.26. The Kier molecular flexibility index (Phi) is 5.70. The number of amides is 1. The van der Waals surface area contributed by atoms with Crippen molar-refractivity contribution in [3.63, 3.8) is 0 Å². The number of para-hydroxylation sites is 1. The van der Waals surface area contributed by atoms with Crippen molar-refractivity contribution in [2.75, 3.05) is 5.32 Å². The van der Waals surface area contributed by atoms with Gasteiger partial charge in [0.15, 0.2) is 0 Å². The first-order valence-electron chi connectivity index (χ1n) is 8.25. The first kappa shape index (κ1) is 19.3. The Labute approximate surface area is 179 Å². The lowest BCUT2D eigenvalue weighted by molar-refractivity contribution is 0.102. The molecule has 146 valence electrons. The maximum absolute atomic E-state index is 12.7. The van der Waals surface area contributed by atoms with Crippen molar-refractivity contribution in [1.82, 2.24) is 24.7 Å². The van der Waals surface area contributed by atoms with Crippen molar-refractivity contribution in [3.05, 3.63) is 76.6 Å². The fourth-order valence-electron chi connectivity index (χ4n) is 2.41.